The summed E-state index contributed by atoms with van der Waals surface area (Å²) < 4.78 is 0. The van der Waals surface area contributed by atoms with E-state index < -0.39 is 12.2 Å². The number of rotatable bonds is 13. The lowest BCUT2D eigenvalue weighted by atomic mass is 9.91. The van der Waals surface area contributed by atoms with Crippen molar-refractivity contribution in [2.45, 2.75) is 57.2 Å². The van der Waals surface area contributed by atoms with E-state index in [4.69, 9.17) is 0 Å². The molecule has 0 saturated heterocycles. The number of aryl methyl sites for hydroxylation is 3. The van der Waals surface area contributed by atoms with Crippen LogP contribution < -0.4 is 0 Å². The van der Waals surface area contributed by atoms with Crippen molar-refractivity contribution in [2.24, 2.45) is 0 Å². The van der Waals surface area contributed by atoms with Gasteiger partial charge in [-0.3, -0.25) is 0 Å². The van der Waals surface area contributed by atoms with Crippen molar-refractivity contribution < 1.29 is 10.2 Å². The van der Waals surface area contributed by atoms with Gasteiger partial charge in [0.2, 0.25) is 0 Å². The zero-order chi connectivity index (χ0) is 23.3. The summed E-state index contributed by atoms with van der Waals surface area (Å²) in [6.45, 7) is 4.23. The number of benzene rings is 3. The van der Waals surface area contributed by atoms with Gasteiger partial charge >= 0.3 is 0 Å². The first-order valence-electron chi connectivity index (χ1n) is 12.0. The molecule has 0 unspecified atom stereocenters. The number of allylic oxidation sites excluding steroid dienone is 1. The van der Waals surface area contributed by atoms with Gasteiger partial charge in [0.15, 0.2) is 0 Å². The number of aliphatic hydroxyl groups excluding tert-OH is 2. The maximum Gasteiger partial charge on any atom is 0.0790 e. The first-order chi connectivity index (χ1) is 16.1. The highest BCUT2D eigenvalue weighted by Gasteiger charge is 2.17. The van der Waals surface area contributed by atoms with Gasteiger partial charge in [0.1, 0.15) is 0 Å². The van der Waals surface area contributed by atoms with Gasteiger partial charge in [-0.15, -0.1) is 0 Å². The molecule has 0 aromatic heterocycles. The van der Waals surface area contributed by atoms with Crippen LogP contribution in [0.2, 0.25) is 0 Å². The maximum absolute atomic E-state index is 10.9. The summed E-state index contributed by atoms with van der Waals surface area (Å²) in [5.41, 5.74) is 5.44. The predicted octanol–water partition coefficient (Wildman–Crippen LogP) is 6.48. The minimum atomic E-state index is -0.616. The number of aliphatic hydroxyl groups is 2. The third-order valence-corrected chi connectivity index (χ3v) is 6.10. The molecule has 2 N–H and O–H groups in total. The SMILES string of the molecule is C=C(/C(=C\CCc1ccccc1)C[C@H](O)CCc1ccccc1)[C@H](O)CCc1ccccc1. The maximum atomic E-state index is 10.9. The molecule has 3 rings (SSSR count). The zero-order valence-electron chi connectivity index (χ0n) is 19.4. The molecule has 0 fully saturated rings. The van der Waals surface area contributed by atoms with Crippen molar-refractivity contribution >= 4 is 0 Å². The summed E-state index contributed by atoms with van der Waals surface area (Å²) in [5, 5.41) is 21.6. The Bertz CT molecular complexity index is 977. The first kappa shape index (κ1) is 24.7. The minimum Gasteiger partial charge on any atom is -0.393 e. The lowest BCUT2D eigenvalue weighted by Crippen LogP contribution is -2.17. The van der Waals surface area contributed by atoms with E-state index in [1.807, 2.05) is 42.5 Å². The summed E-state index contributed by atoms with van der Waals surface area (Å²) in [7, 11) is 0. The van der Waals surface area contributed by atoms with Crippen LogP contribution in [-0.4, -0.2) is 22.4 Å². The molecule has 0 bridgehead atoms. The molecule has 0 radical (unpaired) electrons. The van der Waals surface area contributed by atoms with E-state index in [2.05, 4.69) is 61.2 Å². The monoisotopic (exact) mass is 440 g/mol. The molecule has 172 valence electrons. The highest BCUT2D eigenvalue weighted by Crippen LogP contribution is 2.24. The molecule has 3 aromatic carbocycles. The van der Waals surface area contributed by atoms with Crippen LogP contribution in [0.5, 0.6) is 0 Å². The fraction of sp³-hybridized carbons (Fsp3) is 0.290. The Kier molecular flexibility index (Phi) is 10.2. The van der Waals surface area contributed by atoms with Crippen LogP contribution in [-0.2, 0) is 19.3 Å². The van der Waals surface area contributed by atoms with E-state index >= 15 is 0 Å². The van der Waals surface area contributed by atoms with Crippen molar-refractivity contribution in [3.05, 3.63) is 131 Å². The van der Waals surface area contributed by atoms with E-state index in [0.717, 1.165) is 36.8 Å². The summed E-state index contributed by atoms with van der Waals surface area (Å²) >= 11 is 0. The first-order valence-corrected chi connectivity index (χ1v) is 12.0. The van der Waals surface area contributed by atoms with Crippen molar-refractivity contribution in [3.8, 4) is 0 Å². The van der Waals surface area contributed by atoms with Crippen molar-refractivity contribution in [3.63, 3.8) is 0 Å². The van der Waals surface area contributed by atoms with E-state index in [1.54, 1.807) is 0 Å². The highest BCUT2D eigenvalue weighted by molar-refractivity contribution is 5.33. The molecule has 0 spiro atoms. The molecular weight excluding hydrogens is 404 g/mol. The largest absolute Gasteiger partial charge is 0.393 e. The lowest BCUT2D eigenvalue weighted by Gasteiger charge is -2.20. The average Bonchev–Trinajstić information content (AvgIpc) is 2.87. The summed E-state index contributed by atoms with van der Waals surface area (Å²) in [6.07, 6.45) is 6.33. The van der Waals surface area contributed by atoms with Crippen LogP contribution >= 0.6 is 0 Å². The standard InChI is InChI=1S/C31H36O2/c1-25(31(33)23-21-28-16-9-4-10-17-28)29(19-11-18-26-12-5-2-6-13-26)24-30(32)22-20-27-14-7-3-8-15-27/h2-10,12-17,19,30-33H,1,11,18,20-24H2/b29-19-/t30-,31-/m1/s1. The van der Waals surface area contributed by atoms with Gasteiger partial charge in [0.05, 0.1) is 12.2 Å². The Balaban J connectivity index is 1.61. The zero-order valence-corrected chi connectivity index (χ0v) is 19.4. The van der Waals surface area contributed by atoms with Crippen LogP contribution in [0.1, 0.15) is 42.4 Å². The van der Waals surface area contributed by atoms with Gasteiger partial charge in [0, 0.05) is 0 Å². The van der Waals surface area contributed by atoms with Crippen molar-refractivity contribution in [2.75, 3.05) is 0 Å². The van der Waals surface area contributed by atoms with Gasteiger partial charge in [-0.25, -0.2) is 0 Å². The second kappa shape index (κ2) is 13.6. The van der Waals surface area contributed by atoms with Gasteiger partial charge in [-0.05, 0) is 72.8 Å². The minimum absolute atomic E-state index is 0.466. The van der Waals surface area contributed by atoms with Gasteiger partial charge in [0.25, 0.3) is 0 Å². The molecule has 2 nitrogen and oxygen atoms in total. The molecule has 2 atom stereocenters. The molecule has 0 heterocycles. The Hall–Kier alpha value is -2.94. The lowest BCUT2D eigenvalue weighted by molar-refractivity contribution is 0.161. The Labute approximate surface area is 198 Å². The Morgan fingerprint density at radius 1 is 0.667 bits per heavy atom. The summed E-state index contributed by atoms with van der Waals surface area (Å²) in [5.74, 6) is 0. The average molecular weight is 441 g/mol. The topological polar surface area (TPSA) is 40.5 Å². The van der Waals surface area contributed by atoms with E-state index in [0.29, 0.717) is 19.3 Å². The van der Waals surface area contributed by atoms with Crippen LogP contribution in [0.4, 0.5) is 0 Å². The molecule has 0 aliphatic heterocycles. The fourth-order valence-corrected chi connectivity index (χ4v) is 4.07. The van der Waals surface area contributed by atoms with Gasteiger partial charge in [-0.1, -0.05) is 104 Å². The van der Waals surface area contributed by atoms with Crippen LogP contribution in [0.25, 0.3) is 0 Å². The second-order valence-electron chi connectivity index (χ2n) is 8.70. The van der Waals surface area contributed by atoms with E-state index in [1.165, 1.54) is 16.7 Å². The van der Waals surface area contributed by atoms with Crippen molar-refractivity contribution in [1.82, 2.24) is 0 Å². The molecule has 0 saturated carbocycles. The molecular formula is C31H36O2. The second-order valence-corrected chi connectivity index (χ2v) is 8.70. The third kappa shape index (κ3) is 8.84. The quantitative estimate of drug-likeness (QED) is 0.299. The van der Waals surface area contributed by atoms with Gasteiger partial charge < -0.3 is 10.2 Å². The highest BCUT2D eigenvalue weighted by atomic mass is 16.3. The molecule has 0 aliphatic carbocycles. The fourth-order valence-electron chi connectivity index (χ4n) is 4.07. The van der Waals surface area contributed by atoms with E-state index in [-0.39, 0.29) is 0 Å². The van der Waals surface area contributed by atoms with Crippen LogP contribution in [0.3, 0.4) is 0 Å². The Morgan fingerprint density at radius 2 is 1.12 bits per heavy atom. The van der Waals surface area contributed by atoms with E-state index in [9.17, 15) is 10.2 Å². The molecule has 2 heteroatoms. The smallest absolute Gasteiger partial charge is 0.0790 e. The summed E-state index contributed by atoms with van der Waals surface area (Å²) in [6, 6.07) is 30.9. The van der Waals surface area contributed by atoms with Crippen LogP contribution in [0.15, 0.2) is 115 Å². The number of hydrogen-bond acceptors (Lipinski definition) is 2. The Morgan fingerprint density at radius 3 is 1.64 bits per heavy atom. The summed E-state index contributed by atoms with van der Waals surface area (Å²) in [4.78, 5) is 0. The van der Waals surface area contributed by atoms with Crippen molar-refractivity contribution in [1.29, 1.82) is 0 Å². The predicted molar refractivity (Wildman–Crippen MR) is 138 cm³/mol. The van der Waals surface area contributed by atoms with Gasteiger partial charge in [-0.2, -0.15) is 0 Å². The third-order valence-electron chi connectivity index (χ3n) is 6.10. The number of hydrogen-bond donors (Lipinski definition) is 2. The molecule has 0 amide bonds. The molecule has 33 heavy (non-hydrogen) atoms. The molecule has 0 aliphatic rings. The molecule has 3 aromatic rings. The normalized spacial score (nSPS) is 13.5. The van der Waals surface area contributed by atoms with Crippen LogP contribution in [0, 0.1) is 0 Å².